The van der Waals surface area contributed by atoms with Gasteiger partial charge in [0.1, 0.15) is 0 Å². The molecule has 0 aromatic heterocycles. The average molecular weight is 586 g/mol. The van der Waals surface area contributed by atoms with Gasteiger partial charge in [-0.25, -0.2) is 0 Å². The number of hydrogen-bond donors (Lipinski definition) is 0. The second kappa shape index (κ2) is 9.94. The zero-order valence-corrected chi connectivity index (χ0v) is 28.3. The SMILES string of the molecule is CC1C=C(C(C)(C)C)C=[C]1[Zr](=[C]1CCCCC1)[c]1cc(C(C)(C)C)cc2c1Cc1ccc(C(C)(C)C)cc1-2. The Kier molecular flexibility index (Phi) is 7.38. The van der Waals surface area contributed by atoms with Crippen LogP contribution in [0.2, 0.25) is 0 Å². The Bertz CT molecular complexity index is 1350. The van der Waals surface area contributed by atoms with Gasteiger partial charge in [-0.3, -0.25) is 0 Å². The second-order valence-electron chi connectivity index (χ2n) is 15.4. The van der Waals surface area contributed by atoms with Crippen LogP contribution >= 0.6 is 0 Å². The van der Waals surface area contributed by atoms with Crippen LogP contribution in [0.5, 0.6) is 0 Å². The van der Waals surface area contributed by atoms with Crippen molar-refractivity contribution in [3.05, 3.63) is 73.6 Å². The van der Waals surface area contributed by atoms with E-state index in [1.54, 1.807) is 22.3 Å². The van der Waals surface area contributed by atoms with Gasteiger partial charge in [0.15, 0.2) is 0 Å². The van der Waals surface area contributed by atoms with Crippen LogP contribution in [0, 0.1) is 11.3 Å². The Morgan fingerprint density at radius 1 is 0.711 bits per heavy atom. The van der Waals surface area contributed by atoms with Gasteiger partial charge in [-0.1, -0.05) is 0 Å². The summed E-state index contributed by atoms with van der Waals surface area (Å²) < 4.78 is 5.63. The van der Waals surface area contributed by atoms with Crippen molar-refractivity contribution in [3.63, 3.8) is 0 Å². The molecule has 0 spiro atoms. The molecular formula is C37H50Zr. The molecule has 3 aliphatic carbocycles. The minimum atomic E-state index is -2.29. The fourth-order valence-corrected chi connectivity index (χ4v) is 15.5. The maximum atomic E-state index is 2.72. The molecule has 1 unspecified atom stereocenters. The molecule has 0 heterocycles. The van der Waals surface area contributed by atoms with Crippen LogP contribution < -0.4 is 3.27 Å². The third kappa shape index (κ3) is 5.36. The average Bonchev–Trinajstić information content (AvgIpc) is 3.39. The van der Waals surface area contributed by atoms with Crippen molar-refractivity contribution < 1.29 is 21.3 Å². The van der Waals surface area contributed by atoms with Gasteiger partial charge < -0.3 is 0 Å². The normalized spacial score (nSPS) is 19.7. The Balaban J connectivity index is 1.78. The Morgan fingerprint density at radius 2 is 1.34 bits per heavy atom. The van der Waals surface area contributed by atoms with Gasteiger partial charge in [-0.2, -0.15) is 0 Å². The fourth-order valence-electron chi connectivity index (χ4n) is 6.65. The van der Waals surface area contributed by atoms with Crippen molar-refractivity contribution in [3.8, 4) is 11.1 Å². The summed E-state index contributed by atoms with van der Waals surface area (Å²) >= 11 is -2.29. The Labute approximate surface area is 241 Å². The first-order chi connectivity index (χ1) is 17.6. The molecule has 3 aliphatic rings. The van der Waals surface area contributed by atoms with Crippen LogP contribution in [-0.4, -0.2) is 3.21 Å². The summed E-state index contributed by atoms with van der Waals surface area (Å²) in [7, 11) is 0. The van der Waals surface area contributed by atoms with Crippen molar-refractivity contribution in [1.29, 1.82) is 0 Å². The van der Waals surface area contributed by atoms with Gasteiger partial charge in [0.2, 0.25) is 0 Å². The predicted octanol–water partition coefficient (Wildman–Crippen LogP) is 9.74. The molecule has 38 heavy (non-hydrogen) atoms. The number of benzene rings is 2. The van der Waals surface area contributed by atoms with E-state index >= 15 is 0 Å². The summed E-state index contributed by atoms with van der Waals surface area (Å²) in [5.41, 5.74) is 11.4. The van der Waals surface area contributed by atoms with E-state index in [1.165, 1.54) is 48.8 Å². The van der Waals surface area contributed by atoms with Gasteiger partial charge >= 0.3 is 242 Å². The zero-order valence-electron chi connectivity index (χ0n) is 25.9. The summed E-state index contributed by atoms with van der Waals surface area (Å²) in [6.45, 7) is 23.9. The molecule has 5 rings (SSSR count). The molecule has 0 radical (unpaired) electrons. The maximum absolute atomic E-state index is 2.72. The third-order valence-corrected chi connectivity index (χ3v) is 17.5. The van der Waals surface area contributed by atoms with E-state index in [4.69, 9.17) is 0 Å². The molecule has 0 nitrogen and oxygen atoms in total. The van der Waals surface area contributed by atoms with E-state index in [9.17, 15) is 0 Å². The molecule has 0 bridgehead atoms. The predicted molar refractivity (Wildman–Crippen MR) is 165 cm³/mol. The summed E-state index contributed by atoms with van der Waals surface area (Å²) in [5, 5.41) is 0. The van der Waals surface area contributed by atoms with Crippen LogP contribution in [0.1, 0.15) is 124 Å². The molecular weight excluding hydrogens is 536 g/mol. The minimum absolute atomic E-state index is 0.143. The van der Waals surface area contributed by atoms with E-state index in [0.29, 0.717) is 5.92 Å². The second-order valence-corrected chi connectivity index (χ2v) is 21.7. The topological polar surface area (TPSA) is 0 Å². The zero-order chi connectivity index (χ0) is 27.6. The molecule has 2 aromatic carbocycles. The molecule has 0 amide bonds. The summed E-state index contributed by atoms with van der Waals surface area (Å²) in [6, 6.07) is 12.7. The van der Waals surface area contributed by atoms with Crippen LogP contribution in [-0.2, 0) is 38.5 Å². The molecule has 202 valence electrons. The molecule has 0 saturated heterocycles. The number of allylic oxidation sites excluding steroid dienone is 4. The van der Waals surface area contributed by atoms with Crippen molar-refractivity contribution >= 4 is 6.48 Å². The van der Waals surface area contributed by atoms with Gasteiger partial charge in [-0.15, -0.1) is 0 Å². The molecule has 0 N–H and O–H groups in total. The molecule has 1 fully saturated rings. The molecule has 1 heteroatoms. The third-order valence-electron chi connectivity index (χ3n) is 9.22. The van der Waals surface area contributed by atoms with Crippen molar-refractivity contribution in [1.82, 2.24) is 0 Å². The summed E-state index contributed by atoms with van der Waals surface area (Å²) in [5.74, 6) is 0.582. The summed E-state index contributed by atoms with van der Waals surface area (Å²) in [6.07, 6.45) is 13.4. The van der Waals surface area contributed by atoms with Crippen LogP contribution in [0.4, 0.5) is 0 Å². The van der Waals surface area contributed by atoms with E-state index in [-0.39, 0.29) is 16.2 Å². The first-order valence-corrected chi connectivity index (χ1v) is 18.8. The number of rotatable bonds is 2. The monoisotopic (exact) mass is 584 g/mol. The quantitative estimate of drug-likeness (QED) is 0.281. The van der Waals surface area contributed by atoms with Crippen LogP contribution in [0.15, 0.2) is 51.3 Å². The first-order valence-electron chi connectivity index (χ1n) is 15.1. The van der Waals surface area contributed by atoms with E-state index in [2.05, 4.69) is 112 Å². The fraction of sp³-hybridized carbons (Fsp3) is 0.541. The van der Waals surface area contributed by atoms with Gasteiger partial charge in [-0.05, 0) is 0 Å². The molecule has 1 atom stereocenters. The van der Waals surface area contributed by atoms with Gasteiger partial charge in [0, 0.05) is 0 Å². The van der Waals surface area contributed by atoms with E-state index in [0.717, 1.165) is 6.42 Å². The molecule has 0 aliphatic heterocycles. The first kappa shape index (κ1) is 28.2. The van der Waals surface area contributed by atoms with Crippen molar-refractivity contribution in [2.45, 2.75) is 119 Å². The Morgan fingerprint density at radius 3 is 1.92 bits per heavy atom. The molecule has 1 saturated carbocycles. The van der Waals surface area contributed by atoms with Gasteiger partial charge in [0.25, 0.3) is 0 Å². The van der Waals surface area contributed by atoms with Crippen LogP contribution in [0.25, 0.3) is 11.1 Å². The van der Waals surface area contributed by atoms with Crippen molar-refractivity contribution in [2.24, 2.45) is 11.3 Å². The van der Waals surface area contributed by atoms with E-state index < -0.39 is 21.3 Å². The standard InChI is InChI=1S/C21H25.C10H15.C6H10.Zr/c1-20(2,3)16-9-7-14-11-15-8-10-17(21(4,5)6)13-19(15)18(14)12-16;1-8-5-6-9(7-8)10(2,3)4;1-2-4-6-5-3-1;/h7,9-10,12-13H,11H2,1-6H3;6-8H,1-4H3;1-5H2;. The summed E-state index contributed by atoms with van der Waals surface area (Å²) in [4.78, 5) is 0. The number of hydrogen-bond acceptors (Lipinski definition) is 0. The van der Waals surface area contributed by atoms with Crippen molar-refractivity contribution in [2.75, 3.05) is 0 Å². The molecule has 2 aromatic rings. The van der Waals surface area contributed by atoms with E-state index in [1.807, 2.05) is 9.76 Å². The number of fused-ring (bicyclic) bond motifs is 3. The van der Waals surface area contributed by atoms with Gasteiger partial charge in [0.05, 0.1) is 0 Å². The Hall–Kier alpha value is -1.33. The van der Waals surface area contributed by atoms with Crippen LogP contribution in [0.3, 0.4) is 0 Å².